The van der Waals surface area contributed by atoms with Crippen LogP contribution in [0.3, 0.4) is 0 Å². The van der Waals surface area contributed by atoms with E-state index in [0.29, 0.717) is 26.1 Å². The van der Waals surface area contributed by atoms with Crippen LogP contribution in [-0.4, -0.2) is 40.9 Å². The first-order valence-electron chi connectivity index (χ1n) is 10.5. The van der Waals surface area contributed by atoms with Gasteiger partial charge < -0.3 is 23.9 Å². The van der Waals surface area contributed by atoms with Crippen LogP contribution in [0.5, 0.6) is 5.75 Å². The summed E-state index contributed by atoms with van der Waals surface area (Å²) in [6.45, 7) is 3.85. The van der Waals surface area contributed by atoms with Gasteiger partial charge in [0.1, 0.15) is 11.6 Å². The van der Waals surface area contributed by atoms with Crippen LogP contribution in [0.1, 0.15) is 25.2 Å². The molecule has 0 saturated heterocycles. The predicted octanol–water partition coefficient (Wildman–Crippen LogP) is 3.91. The Morgan fingerprint density at radius 1 is 1.10 bits per heavy atom. The number of rotatable bonds is 9. The third-order valence-electron chi connectivity index (χ3n) is 5.53. The van der Waals surface area contributed by atoms with Gasteiger partial charge >= 0.3 is 0 Å². The molecule has 1 N–H and O–H groups in total. The molecule has 0 aliphatic carbocycles. The highest BCUT2D eigenvalue weighted by Crippen LogP contribution is 2.23. The van der Waals surface area contributed by atoms with Gasteiger partial charge in [0.25, 0.3) is 0 Å². The average Bonchev–Trinajstić information content (AvgIpc) is 3.37. The largest absolute Gasteiger partial charge is 0.497 e. The lowest BCUT2D eigenvalue weighted by Crippen LogP contribution is -2.29. The van der Waals surface area contributed by atoms with Crippen molar-refractivity contribution in [3.8, 4) is 5.75 Å². The van der Waals surface area contributed by atoms with Gasteiger partial charge in [0, 0.05) is 43.7 Å². The van der Waals surface area contributed by atoms with Crippen LogP contribution in [0, 0.1) is 0 Å². The molecule has 1 amide bonds. The Balaban J connectivity index is 1.44. The number of nitrogens with one attached hydrogen (secondary N) is 1. The monoisotopic (exact) mass is 420 g/mol. The Hall–Kier alpha value is -3.32. The molecule has 1 atom stereocenters. The summed E-state index contributed by atoms with van der Waals surface area (Å²) in [6, 6.07) is 15.8. The number of ether oxygens (including phenoxy) is 2. The quantitative estimate of drug-likeness (QED) is 0.446. The van der Waals surface area contributed by atoms with Crippen LogP contribution in [-0.2, 0) is 22.6 Å². The summed E-state index contributed by atoms with van der Waals surface area (Å²) in [5.74, 6) is 1.66. The van der Waals surface area contributed by atoms with Crippen LogP contribution in [0.15, 0.2) is 54.7 Å². The van der Waals surface area contributed by atoms with E-state index < -0.39 is 0 Å². The zero-order valence-corrected chi connectivity index (χ0v) is 18.2. The number of methoxy groups -OCH3 is 2. The van der Waals surface area contributed by atoms with Crippen molar-refractivity contribution in [1.29, 1.82) is 0 Å². The molecule has 0 saturated carbocycles. The maximum Gasteiger partial charge on any atom is 0.222 e. The minimum Gasteiger partial charge on any atom is -0.497 e. The SMILES string of the molecule is COCCn1c(C(C)NC(=O)CCn2ccc3cc(OC)ccc32)nc2ccccc21. The fourth-order valence-corrected chi connectivity index (χ4v) is 3.94. The van der Waals surface area contributed by atoms with Gasteiger partial charge in [0.05, 0.1) is 30.8 Å². The van der Waals surface area contributed by atoms with Crippen LogP contribution < -0.4 is 10.1 Å². The fourth-order valence-electron chi connectivity index (χ4n) is 3.94. The number of aromatic nitrogens is 3. The first kappa shape index (κ1) is 20.9. The number of hydrogen-bond acceptors (Lipinski definition) is 4. The van der Waals surface area contributed by atoms with Gasteiger partial charge in [-0.1, -0.05) is 12.1 Å². The van der Waals surface area contributed by atoms with Gasteiger partial charge in [-0.05, 0) is 43.3 Å². The molecular formula is C24H28N4O3. The van der Waals surface area contributed by atoms with E-state index in [1.165, 1.54) is 0 Å². The molecular weight excluding hydrogens is 392 g/mol. The van der Waals surface area contributed by atoms with Gasteiger partial charge in [-0.3, -0.25) is 4.79 Å². The van der Waals surface area contributed by atoms with E-state index >= 15 is 0 Å². The van der Waals surface area contributed by atoms with Gasteiger partial charge in [-0.15, -0.1) is 0 Å². The van der Waals surface area contributed by atoms with Crippen molar-refractivity contribution in [2.45, 2.75) is 32.5 Å². The van der Waals surface area contributed by atoms with Crippen LogP contribution >= 0.6 is 0 Å². The van der Waals surface area contributed by atoms with E-state index in [0.717, 1.165) is 33.5 Å². The van der Waals surface area contributed by atoms with E-state index in [2.05, 4.69) is 14.5 Å². The highest BCUT2D eigenvalue weighted by molar-refractivity contribution is 5.82. The number of nitrogens with zero attached hydrogens (tertiary/aromatic N) is 3. The van der Waals surface area contributed by atoms with Gasteiger partial charge in [-0.25, -0.2) is 4.98 Å². The predicted molar refractivity (Wildman–Crippen MR) is 121 cm³/mol. The van der Waals surface area contributed by atoms with Crippen LogP contribution in [0.2, 0.25) is 0 Å². The number of para-hydroxylation sites is 2. The smallest absolute Gasteiger partial charge is 0.222 e. The molecule has 0 fully saturated rings. The van der Waals surface area contributed by atoms with Crippen molar-refractivity contribution >= 4 is 27.8 Å². The number of hydrogen-bond donors (Lipinski definition) is 1. The molecule has 162 valence electrons. The summed E-state index contributed by atoms with van der Waals surface area (Å²) in [4.78, 5) is 17.5. The summed E-state index contributed by atoms with van der Waals surface area (Å²) < 4.78 is 14.8. The van der Waals surface area contributed by atoms with Crippen LogP contribution in [0.25, 0.3) is 21.9 Å². The highest BCUT2D eigenvalue weighted by Gasteiger charge is 2.18. The molecule has 7 heteroatoms. The van der Waals surface area contributed by atoms with E-state index in [4.69, 9.17) is 14.5 Å². The second-order valence-corrected chi connectivity index (χ2v) is 7.58. The Morgan fingerprint density at radius 3 is 2.74 bits per heavy atom. The molecule has 4 aromatic rings. The van der Waals surface area contributed by atoms with Crippen molar-refractivity contribution in [2.75, 3.05) is 20.8 Å². The van der Waals surface area contributed by atoms with Crippen LogP contribution in [0.4, 0.5) is 0 Å². The van der Waals surface area contributed by atoms with Crippen molar-refractivity contribution < 1.29 is 14.3 Å². The molecule has 0 radical (unpaired) electrons. The molecule has 2 heterocycles. The zero-order valence-electron chi connectivity index (χ0n) is 18.2. The molecule has 0 spiro atoms. The molecule has 1 unspecified atom stereocenters. The van der Waals surface area contributed by atoms with Gasteiger partial charge in [0.15, 0.2) is 0 Å². The highest BCUT2D eigenvalue weighted by atomic mass is 16.5. The van der Waals surface area contributed by atoms with E-state index in [9.17, 15) is 4.79 Å². The Bertz CT molecular complexity index is 1190. The van der Waals surface area contributed by atoms with Crippen molar-refractivity contribution in [3.63, 3.8) is 0 Å². The zero-order chi connectivity index (χ0) is 21.8. The number of aryl methyl sites for hydroxylation is 1. The molecule has 0 aliphatic heterocycles. The maximum absolute atomic E-state index is 12.7. The van der Waals surface area contributed by atoms with E-state index in [-0.39, 0.29) is 11.9 Å². The van der Waals surface area contributed by atoms with Crippen molar-refractivity contribution in [2.24, 2.45) is 0 Å². The van der Waals surface area contributed by atoms with Gasteiger partial charge in [-0.2, -0.15) is 0 Å². The molecule has 7 nitrogen and oxygen atoms in total. The summed E-state index contributed by atoms with van der Waals surface area (Å²) in [6.07, 6.45) is 2.39. The molecule has 2 aromatic carbocycles. The standard InChI is InChI=1S/C24H28N4O3/c1-17(24-26-20-6-4-5-7-22(20)28(24)14-15-30-2)25-23(29)11-13-27-12-10-18-16-19(31-3)8-9-21(18)27/h4-10,12,16-17H,11,13-15H2,1-3H3,(H,25,29). The fraction of sp³-hybridized carbons (Fsp3) is 0.333. The van der Waals surface area contributed by atoms with Crippen molar-refractivity contribution in [3.05, 3.63) is 60.6 Å². The lowest BCUT2D eigenvalue weighted by atomic mass is 10.2. The van der Waals surface area contributed by atoms with Crippen molar-refractivity contribution in [1.82, 2.24) is 19.4 Å². The molecule has 4 rings (SSSR count). The first-order valence-corrected chi connectivity index (χ1v) is 10.5. The lowest BCUT2D eigenvalue weighted by molar-refractivity contribution is -0.122. The lowest BCUT2D eigenvalue weighted by Gasteiger charge is -2.16. The number of amides is 1. The average molecular weight is 421 g/mol. The second kappa shape index (κ2) is 9.22. The number of benzene rings is 2. The summed E-state index contributed by atoms with van der Waals surface area (Å²) >= 11 is 0. The third kappa shape index (κ3) is 4.41. The summed E-state index contributed by atoms with van der Waals surface area (Å²) in [5, 5.41) is 4.20. The molecule has 0 aliphatic rings. The number of carbonyl (C=O) groups excluding carboxylic acids is 1. The molecule has 2 aromatic heterocycles. The normalized spacial score (nSPS) is 12.4. The van der Waals surface area contributed by atoms with Gasteiger partial charge in [0.2, 0.25) is 5.91 Å². The number of carbonyl (C=O) groups is 1. The first-order chi connectivity index (χ1) is 15.1. The Kier molecular flexibility index (Phi) is 6.23. The minimum atomic E-state index is -0.206. The summed E-state index contributed by atoms with van der Waals surface area (Å²) in [5.41, 5.74) is 3.05. The number of imidazole rings is 1. The molecule has 0 bridgehead atoms. The van der Waals surface area contributed by atoms with E-state index in [1.807, 2.05) is 61.7 Å². The Morgan fingerprint density at radius 2 is 1.94 bits per heavy atom. The maximum atomic E-state index is 12.7. The second-order valence-electron chi connectivity index (χ2n) is 7.58. The summed E-state index contributed by atoms with van der Waals surface area (Å²) in [7, 11) is 3.35. The topological polar surface area (TPSA) is 70.3 Å². The van der Waals surface area contributed by atoms with E-state index in [1.54, 1.807) is 14.2 Å². The molecule has 31 heavy (non-hydrogen) atoms. The Labute approximate surface area is 181 Å². The number of fused-ring (bicyclic) bond motifs is 2. The third-order valence-corrected chi connectivity index (χ3v) is 5.53. The minimum absolute atomic E-state index is 0.00629.